The van der Waals surface area contributed by atoms with Crippen LogP contribution < -0.4 is 20.1 Å². The Morgan fingerprint density at radius 3 is 2.70 bits per heavy atom. The minimum absolute atomic E-state index is 0.178. The molecule has 0 radical (unpaired) electrons. The number of furan rings is 1. The van der Waals surface area contributed by atoms with E-state index >= 15 is 0 Å². The van der Waals surface area contributed by atoms with E-state index in [9.17, 15) is 13.4 Å². The molecular weight excluding hydrogens is 643 g/mol. The van der Waals surface area contributed by atoms with Gasteiger partial charge in [0.05, 0.1) is 29.3 Å². The normalized spacial score (nSPS) is 11.8. The second-order valence-electron chi connectivity index (χ2n) is 10.9. The molecule has 2 heterocycles. The zero-order chi connectivity index (χ0) is 33.0. The Morgan fingerprint density at radius 1 is 1.00 bits per heavy atom. The fraction of sp³-hybridized carbons (Fsp3) is 0.286. The first-order valence-electron chi connectivity index (χ1n) is 15.3. The third-order valence-electron chi connectivity index (χ3n) is 7.23. The lowest BCUT2D eigenvalue weighted by Gasteiger charge is -2.15. The van der Waals surface area contributed by atoms with Crippen LogP contribution in [0.2, 0.25) is 5.02 Å². The van der Waals surface area contributed by atoms with Crippen LogP contribution in [0.4, 0.5) is 15.9 Å². The number of hydrogen-bond acceptors (Lipinski definition) is 9. The molecule has 0 aliphatic heterocycles. The first-order chi connectivity index (χ1) is 22.9. The van der Waals surface area contributed by atoms with E-state index in [0.717, 1.165) is 42.3 Å². The maximum atomic E-state index is 13.5. The third kappa shape index (κ3) is 9.84. The minimum Gasteiger partial charge on any atom is -0.493 e. The van der Waals surface area contributed by atoms with Gasteiger partial charge in [-0.25, -0.2) is 14.4 Å². The maximum absolute atomic E-state index is 13.5. The zero-order valence-corrected chi connectivity index (χ0v) is 27.5. The Labute approximate surface area is 280 Å². The Balaban J connectivity index is 1.37. The van der Waals surface area contributed by atoms with Gasteiger partial charge in [0.15, 0.2) is 0 Å². The van der Waals surface area contributed by atoms with Gasteiger partial charge in [-0.05, 0) is 73.4 Å². The lowest BCUT2D eigenvalue weighted by molar-refractivity contribution is -0.107. The van der Waals surface area contributed by atoms with Crippen molar-refractivity contribution in [3.8, 4) is 22.8 Å². The predicted molar refractivity (Wildman–Crippen MR) is 183 cm³/mol. The molecule has 0 aliphatic rings. The van der Waals surface area contributed by atoms with E-state index in [1.807, 2.05) is 30.3 Å². The molecule has 0 spiro atoms. The highest BCUT2D eigenvalue weighted by Crippen LogP contribution is 2.38. The molecule has 0 saturated heterocycles. The highest BCUT2D eigenvalue weighted by molar-refractivity contribution is 7.84. The van der Waals surface area contributed by atoms with Crippen molar-refractivity contribution in [2.24, 2.45) is 0 Å². The molecule has 2 N–H and O–H groups in total. The summed E-state index contributed by atoms with van der Waals surface area (Å²) in [5.74, 6) is 3.24. The number of halogens is 2. The van der Waals surface area contributed by atoms with Crippen molar-refractivity contribution in [3.63, 3.8) is 0 Å². The van der Waals surface area contributed by atoms with Crippen molar-refractivity contribution < 1.29 is 27.3 Å². The van der Waals surface area contributed by atoms with Crippen LogP contribution in [0, 0.1) is 5.82 Å². The van der Waals surface area contributed by atoms with Gasteiger partial charge in [-0.3, -0.25) is 4.21 Å². The predicted octanol–water partition coefficient (Wildman–Crippen LogP) is 7.61. The number of anilines is 2. The van der Waals surface area contributed by atoms with Crippen LogP contribution in [0.15, 0.2) is 77.5 Å². The molecule has 0 aliphatic carbocycles. The fourth-order valence-corrected chi connectivity index (χ4v) is 5.52. The van der Waals surface area contributed by atoms with Crippen LogP contribution in [0.1, 0.15) is 37.0 Å². The molecule has 0 saturated carbocycles. The van der Waals surface area contributed by atoms with Gasteiger partial charge in [0.1, 0.15) is 53.9 Å². The van der Waals surface area contributed by atoms with Gasteiger partial charge in [-0.15, -0.1) is 0 Å². The summed E-state index contributed by atoms with van der Waals surface area (Å²) in [4.78, 5) is 19.7. The highest BCUT2D eigenvalue weighted by Gasteiger charge is 2.17. The van der Waals surface area contributed by atoms with Gasteiger partial charge < -0.3 is 29.3 Å². The van der Waals surface area contributed by atoms with E-state index in [1.54, 1.807) is 30.5 Å². The lowest BCUT2D eigenvalue weighted by atomic mass is 10.1. The van der Waals surface area contributed by atoms with Crippen LogP contribution in [0.5, 0.6) is 11.5 Å². The average Bonchev–Trinajstić information content (AvgIpc) is 3.53. The highest BCUT2D eigenvalue weighted by atomic mass is 35.5. The van der Waals surface area contributed by atoms with Crippen molar-refractivity contribution in [2.75, 3.05) is 30.5 Å². The molecule has 1 atom stereocenters. The summed E-state index contributed by atoms with van der Waals surface area (Å²) < 4.78 is 43.2. The van der Waals surface area contributed by atoms with Crippen LogP contribution >= 0.6 is 11.6 Å². The molecule has 0 fully saturated rings. The lowest BCUT2D eigenvalue weighted by Crippen LogP contribution is -2.19. The third-order valence-corrected chi connectivity index (χ3v) is 8.31. The van der Waals surface area contributed by atoms with Crippen LogP contribution in [-0.4, -0.2) is 45.6 Å². The van der Waals surface area contributed by atoms with Gasteiger partial charge in [-0.2, -0.15) is 0 Å². The number of nitrogens with zero attached hydrogens (tertiary/aromatic N) is 2. The number of aldehydes is 1. The maximum Gasteiger partial charge on any atom is 0.141 e. The first-order valence-corrected chi connectivity index (χ1v) is 17.4. The number of nitrogens with one attached hydrogen (secondary N) is 2. The van der Waals surface area contributed by atoms with Crippen molar-refractivity contribution in [3.05, 3.63) is 95.2 Å². The van der Waals surface area contributed by atoms with Gasteiger partial charge in [0.2, 0.25) is 0 Å². The molecule has 0 bridgehead atoms. The van der Waals surface area contributed by atoms with Crippen LogP contribution in [0.25, 0.3) is 22.2 Å². The standard InChI is InChI=1S/C35H36ClFN4O5S/c1-47(43)16-13-38-21-27-10-12-32(46-27)29-19-28-31(20-34(29)44-15-5-3-2-4-14-42)39-23-40-35(28)41-26-9-11-33(30(36)18-26)45-22-24-7-6-8-25(37)17-24/h6-12,14,17-20,23,38H,2-5,13,15-16,21-22H2,1H3,(H,39,40,41). The molecule has 5 aromatic rings. The Bertz CT molecular complexity index is 1840. The number of benzene rings is 3. The summed E-state index contributed by atoms with van der Waals surface area (Å²) in [7, 11) is -0.870. The summed E-state index contributed by atoms with van der Waals surface area (Å²) in [6, 6.07) is 19.1. The molecule has 0 amide bonds. The van der Waals surface area contributed by atoms with E-state index < -0.39 is 10.8 Å². The topological polar surface area (TPSA) is 116 Å². The quantitative estimate of drug-likeness (QED) is 0.0714. The minimum atomic E-state index is -0.870. The van der Waals surface area contributed by atoms with Gasteiger partial charge in [0, 0.05) is 52.9 Å². The van der Waals surface area contributed by atoms with E-state index in [2.05, 4.69) is 20.6 Å². The van der Waals surface area contributed by atoms with Gasteiger partial charge in [-0.1, -0.05) is 23.7 Å². The monoisotopic (exact) mass is 678 g/mol. The average molecular weight is 679 g/mol. The molecule has 3 aromatic carbocycles. The fourth-order valence-electron chi connectivity index (χ4n) is 4.85. The molecule has 47 heavy (non-hydrogen) atoms. The second kappa shape index (κ2) is 17.0. The van der Waals surface area contributed by atoms with Crippen molar-refractivity contribution in [1.82, 2.24) is 15.3 Å². The summed E-state index contributed by atoms with van der Waals surface area (Å²) in [5.41, 5.74) is 2.79. The van der Waals surface area contributed by atoms with Crippen molar-refractivity contribution in [2.45, 2.75) is 38.8 Å². The number of rotatable bonds is 18. The molecule has 9 nitrogen and oxygen atoms in total. The largest absolute Gasteiger partial charge is 0.493 e. The molecule has 5 rings (SSSR count). The molecule has 1 unspecified atom stereocenters. The zero-order valence-electron chi connectivity index (χ0n) is 26.0. The molecular formula is C35H36ClFN4O5S. The number of ether oxygens (including phenoxy) is 2. The Kier molecular flexibility index (Phi) is 12.3. The smallest absolute Gasteiger partial charge is 0.141 e. The van der Waals surface area contributed by atoms with E-state index in [1.165, 1.54) is 18.5 Å². The van der Waals surface area contributed by atoms with Gasteiger partial charge >= 0.3 is 0 Å². The number of unbranched alkanes of at least 4 members (excludes halogenated alkanes) is 3. The molecule has 246 valence electrons. The van der Waals surface area contributed by atoms with Gasteiger partial charge in [0.25, 0.3) is 0 Å². The first kappa shape index (κ1) is 34.0. The van der Waals surface area contributed by atoms with Crippen molar-refractivity contribution >= 4 is 51.1 Å². The summed E-state index contributed by atoms with van der Waals surface area (Å²) in [6.45, 7) is 1.76. The number of carbonyl (C=O) groups is 1. The molecule has 2 aromatic heterocycles. The molecule has 12 heteroatoms. The Hall–Kier alpha value is -4.32. The van der Waals surface area contributed by atoms with E-state index in [-0.39, 0.29) is 12.4 Å². The van der Waals surface area contributed by atoms with E-state index in [4.69, 9.17) is 25.5 Å². The van der Waals surface area contributed by atoms with Crippen LogP contribution in [0.3, 0.4) is 0 Å². The second-order valence-corrected chi connectivity index (χ2v) is 12.8. The number of carbonyl (C=O) groups excluding carboxylic acids is 1. The SMILES string of the molecule is CS(=O)CCNCc1ccc(-c2cc3c(Nc4ccc(OCc5cccc(F)c5)c(Cl)c4)ncnc3cc2OCCCCCC=O)o1. The summed E-state index contributed by atoms with van der Waals surface area (Å²) in [6.07, 6.45) is 7.14. The van der Waals surface area contributed by atoms with E-state index in [0.29, 0.717) is 76.7 Å². The van der Waals surface area contributed by atoms with Crippen molar-refractivity contribution in [1.29, 1.82) is 0 Å². The summed E-state index contributed by atoms with van der Waals surface area (Å²) in [5, 5.41) is 7.72. The number of hydrogen-bond donors (Lipinski definition) is 2. The van der Waals surface area contributed by atoms with Crippen LogP contribution in [-0.2, 0) is 28.7 Å². The Morgan fingerprint density at radius 2 is 1.89 bits per heavy atom. The number of aromatic nitrogens is 2. The number of fused-ring (bicyclic) bond motifs is 1. The summed E-state index contributed by atoms with van der Waals surface area (Å²) >= 11 is 6.55.